The number of halogens is 1. The lowest BCUT2D eigenvalue weighted by Gasteiger charge is -2.08. The summed E-state index contributed by atoms with van der Waals surface area (Å²) in [4.78, 5) is 12.1. The van der Waals surface area contributed by atoms with Crippen molar-refractivity contribution in [3.8, 4) is 0 Å². The van der Waals surface area contributed by atoms with Gasteiger partial charge < -0.3 is 4.57 Å². The van der Waals surface area contributed by atoms with E-state index in [0.29, 0.717) is 6.54 Å². The summed E-state index contributed by atoms with van der Waals surface area (Å²) in [6.45, 7) is 4.66. The van der Waals surface area contributed by atoms with Gasteiger partial charge in [0.05, 0.1) is 0 Å². The van der Waals surface area contributed by atoms with Gasteiger partial charge in [0.1, 0.15) is 0 Å². The first-order valence-electron chi connectivity index (χ1n) is 4.93. The van der Waals surface area contributed by atoms with Crippen molar-refractivity contribution < 1.29 is 0 Å². The molecule has 0 saturated carbocycles. The number of aromatic nitrogens is 1. The molecule has 0 aliphatic heterocycles. The van der Waals surface area contributed by atoms with Crippen LogP contribution in [0.4, 0.5) is 0 Å². The van der Waals surface area contributed by atoms with Crippen molar-refractivity contribution >= 4 is 26.7 Å². The lowest BCUT2D eigenvalue weighted by Crippen LogP contribution is -2.21. The van der Waals surface area contributed by atoms with E-state index in [0.717, 1.165) is 20.9 Å². The fourth-order valence-electron chi connectivity index (χ4n) is 1.84. The highest BCUT2D eigenvalue weighted by Gasteiger charge is 2.04. The number of pyridine rings is 1. The van der Waals surface area contributed by atoms with Crippen LogP contribution in [-0.4, -0.2) is 4.57 Å². The van der Waals surface area contributed by atoms with Gasteiger partial charge in [0.15, 0.2) is 0 Å². The average Bonchev–Trinajstić information content (AvgIpc) is 2.20. The molecule has 1 aromatic carbocycles. The molecular weight excluding hydrogens is 254 g/mol. The summed E-state index contributed by atoms with van der Waals surface area (Å²) in [7, 11) is 0. The van der Waals surface area contributed by atoms with Gasteiger partial charge in [-0.2, -0.15) is 0 Å². The minimum Gasteiger partial charge on any atom is -0.313 e. The third-order valence-electron chi connectivity index (χ3n) is 2.60. The highest BCUT2D eigenvalue weighted by molar-refractivity contribution is 9.10. The second-order valence-corrected chi connectivity index (χ2v) is 4.48. The lowest BCUT2D eigenvalue weighted by molar-refractivity contribution is 0.708. The van der Waals surface area contributed by atoms with Crippen molar-refractivity contribution in [1.82, 2.24) is 4.57 Å². The number of aryl methyl sites for hydroxylation is 1. The number of benzene rings is 1. The van der Waals surface area contributed by atoms with Crippen molar-refractivity contribution in [3.63, 3.8) is 0 Å². The first kappa shape index (κ1) is 10.4. The molecule has 1 heterocycles. The second-order valence-electron chi connectivity index (χ2n) is 3.57. The van der Waals surface area contributed by atoms with Crippen LogP contribution in [0.15, 0.2) is 33.5 Å². The molecule has 0 aliphatic carbocycles. The van der Waals surface area contributed by atoms with Gasteiger partial charge in [-0.1, -0.05) is 22.0 Å². The van der Waals surface area contributed by atoms with Crippen molar-refractivity contribution in [2.45, 2.75) is 20.4 Å². The van der Waals surface area contributed by atoms with Crippen molar-refractivity contribution in [2.24, 2.45) is 0 Å². The summed E-state index contributed by atoms with van der Waals surface area (Å²) in [6.07, 6.45) is 0. The van der Waals surface area contributed by atoms with Crippen LogP contribution in [0.25, 0.3) is 10.8 Å². The van der Waals surface area contributed by atoms with Crippen LogP contribution < -0.4 is 5.56 Å². The maximum atomic E-state index is 12.1. The maximum absolute atomic E-state index is 12.1. The Labute approximate surface area is 96.7 Å². The van der Waals surface area contributed by atoms with Crippen LogP contribution in [0.2, 0.25) is 0 Å². The van der Waals surface area contributed by atoms with Gasteiger partial charge in [-0.15, -0.1) is 0 Å². The summed E-state index contributed by atoms with van der Waals surface area (Å²) in [6, 6.07) is 7.85. The Morgan fingerprint density at radius 3 is 2.73 bits per heavy atom. The van der Waals surface area contributed by atoms with Crippen LogP contribution in [0.5, 0.6) is 0 Å². The van der Waals surface area contributed by atoms with Gasteiger partial charge >= 0.3 is 0 Å². The van der Waals surface area contributed by atoms with Crippen LogP contribution in [0.1, 0.15) is 12.6 Å². The van der Waals surface area contributed by atoms with Gasteiger partial charge in [-0.05, 0) is 37.4 Å². The summed E-state index contributed by atoms with van der Waals surface area (Å²) >= 11 is 3.38. The van der Waals surface area contributed by atoms with Gasteiger partial charge in [0.25, 0.3) is 5.56 Å². The molecule has 1 aromatic heterocycles. The predicted molar refractivity (Wildman–Crippen MR) is 66.3 cm³/mol. The van der Waals surface area contributed by atoms with Crippen molar-refractivity contribution in [3.05, 3.63) is 44.8 Å². The Bertz CT molecular complexity index is 572. The third-order valence-corrected chi connectivity index (χ3v) is 3.09. The zero-order valence-electron chi connectivity index (χ0n) is 8.75. The predicted octanol–water partition coefficient (Wildman–Crippen LogP) is 3.09. The molecule has 2 rings (SSSR count). The van der Waals surface area contributed by atoms with E-state index in [4.69, 9.17) is 0 Å². The Kier molecular flexibility index (Phi) is 2.65. The van der Waals surface area contributed by atoms with E-state index in [1.807, 2.05) is 38.1 Å². The molecule has 0 bridgehead atoms. The Balaban J connectivity index is 2.92. The van der Waals surface area contributed by atoms with Crippen molar-refractivity contribution in [1.29, 1.82) is 0 Å². The molecule has 15 heavy (non-hydrogen) atoms. The number of hydrogen-bond acceptors (Lipinski definition) is 1. The molecule has 0 N–H and O–H groups in total. The summed E-state index contributed by atoms with van der Waals surface area (Å²) < 4.78 is 2.73. The fraction of sp³-hybridized carbons (Fsp3) is 0.250. The largest absolute Gasteiger partial charge is 0.313 e. The number of fused-ring (bicyclic) bond motifs is 1. The third kappa shape index (κ3) is 1.72. The molecule has 0 spiro atoms. The van der Waals surface area contributed by atoms with E-state index in [1.165, 1.54) is 0 Å². The zero-order chi connectivity index (χ0) is 11.0. The molecule has 0 saturated heterocycles. The van der Waals surface area contributed by atoms with Gasteiger partial charge in [-0.25, -0.2) is 0 Å². The minimum atomic E-state index is 0.0915. The van der Waals surface area contributed by atoms with E-state index in [9.17, 15) is 4.79 Å². The maximum Gasteiger partial charge on any atom is 0.258 e. The molecule has 0 amide bonds. The topological polar surface area (TPSA) is 22.0 Å². The Hall–Kier alpha value is -1.09. The van der Waals surface area contributed by atoms with E-state index >= 15 is 0 Å². The normalized spacial score (nSPS) is 10.9. The van der Waals surface area contributed by atoms with Gasteiger partial charge in [-0.3, -0.25) is 4.79 Å². The van der Waals surface area contributed by atoms with Crippen LogP contribution in [0.3, 0.4) is 0 Å². The molecule has 0 fully saturated rings. The molecule has 0 aliphatic rings. The molecule has 78 valence electrons. The monoisotopic (exact) mass is 265 g/mol. The lowest BCUT2D eigenvalue weighted by atomic mass is 10.1. The highest BCUT2D eigenvalue weighted by Crippen LogP contribution is 2.17. The first-order valence-corrected chi connectivity index (χ1v) is 5.72. The second kappa shape index (κ2) is 3.81. The van der Waals surface area contributed by atoms with Gasteiger partial charge in [0, 0.05) is 22.1 Å². The number of rotatable bonds is 1. The minimum absolute atomic E-state index is 0.0915. The molecule has 3 heteroatoms. The molecule has 0 atom stereocenters. The van der Waals surface area contributed by atoms with Gasteiger partial charge in [0.2, 0.25) is 0 Å². The van der Waals surface area contributed by atoms with Crippen LogP contribution in [0, 0.1) is 6.92 Å². The molecule has 2 aromatic rings. The molecular formula is C12H12BrNO. The Morgan fingerprint density at radius 1 is 1.33 bits per heavy atom. The van der Waals surface area contributed by atoms with Crippen LogP contribution >= 0.6 is 15.9 Å². The van der Waals surface area contributed by atoms with Crippen LogP contribution in [-0.2, 0) is 6.54 Å². The molecule has 2 nitrogen and oxygen atoms in total. The van der Waals surface area contributed by atoms with E-state index in [1.54, 1.807) is 4.57 Å². The van der Waals surface area contributed by atoms with E-state index in [-0.39, 0.29) is 5.56 Å². The summed E-state index contributed by atoms with van der Waals surface area (Å²) in [5.74, 6) is 0. The van der Waals surface area contributed by atoms with E-state index < -0.39 is 0 Å². The van der Waals surface area contributed by atoms with Crippen molar-refractivity contribution in [2.75, 3.05) is 0 Å². The SMILES string of the molecule is CCn1c(C)cc2ccc(Br)cc2c1=O. The number of hydrogen-bond donors (Lipinski definition) is 0. The quantitative estimate of drug-likeness (QED) is 0.777. The standard InChI is InChI=1S/C12H12BrNO/c1-3-14-8(2)6-9-4-5-10(13)7-11(9)12(14)15/h4-7H,3H2,1-2H3. The average molecular weight is 266 g/mol. The number of nitrogens with zero attached hydrogens (tertiary/aromatic N) is 1. The fourth-order valence-corrected chi connectivity index (χ4v) is 2.20. The molecule has 0 unspecified atom stereocenters. The summed E-state index contributed by atoms with van der Waals surface area (Å²) in [5.41, 5.74) is 1.10. The smallest absolute Gasteiger partial charge is 0.258 e. The highest BCUT2D eigenvalue weighted by atomic mass is 79.9. The zero-order valence-corrected chi connectivity index (χ0v) is 10.3. The molecule has 0 radical (unpaired) electrons. The Morgan fingerprint density at radius 2 is 2.07 bits per heavy atom. The van der Waals surface area contributed by atoms with E-state index in [2.05, 4.69) is 15.9 Å². The first-order chi connectivity index (χ1) is 7.13. The summed E-state index contributed by atoms with van der Waals surface area (Å²) in [5, 5.41) is 1.78.